The van der Waals surface area contributed by atoms with Crippen molar-refractivity contribution in [2.45, 2.75) is 69.9 Å². The number of fused-ring (bicyclic) bond motifs is 1. The summed E-state index contributed by atoms with van der Waals surface area (Å²) in [7, 11) is 0. The molecule has 0 amide bonds. The van der Waals surface area contributed by atoms with Crippen LogP contribution in [-0.2, 0) is 0 Å². The summed E-state index contributed by atoms with van der Waals surface area (Å²) in [5, 5.41) is 9.72. The summed E-state index contributed by atoms with van der Waals surface area (Å²) in [6.07, 6.45) is 14.6. The maximum Gasteiger partial charge on any atom is 0.227 e. The number of nitrogens with zero attached hydrogens (tertiary/aromatic N) is 5. The summed E-state index contributed by atoms with van der Waals surface area (Å²) < 4.78 is 2.11. The third-order valence-electron chi connectivity index (χ3n) is 8.15. The van der Waals surface area contributed by atoms with Gasteiger partial charge in [-0.3, -0.25) is 9.58 Å². The Balaban J connectivity index is 1.20. The highest BCUT2D eigenvalue weighted by atomic mass is 35.5. The lowest BCUT2D eigenvalue weighted by molar-refractivity contribution is 0.136. The van der Waals surface area contributed by atoms with E-state index in [1.165, 1.54) is 37.7 Å². The fourth-order valence-electron chi connectivity index (χ4n) is 6.03. The number of benzene rings is 1. The Morgan fingerprint density at radius 1 is 1.09 bits per heavy atom. The smallest absolute Gasteiger partial charge is 0.227 e. The van der Waals surface area contributed by atoms with Crippen LogP contribution in [-0.4, -0.2) is 43.8 Å². The Labute approximate surface area is 206 Å². The van der Waals surface area contributed by atoms with Gasteiger partial charge in [0, 0.05) is 22.6 Å². The molecule has 3 aliphatic rings. The molecule has 2 saturated carbocycles. The highest BCUT2D eigenvalue weighted by Crippen LogP contribution is 2.39. The summed E-state index contributed by atoms with van der Waals surface area (Å²) >= 11 is 6.77. The monoisotopic (exact) mass is 476 g/mol. The van der Waals surface area contributed by atoms with Gasteiger partial charge in [0.2, 0.25) is 5.95 Å². The van der Waals surface area contributed by atoms with Gasteiger partial charge < -0.3 is 5.32 Å². The molecule has 3 aromatic rings. The van der Waals surface area contributed by atoms with Gasteiger partial charge in [0.25, 0.3) is 0 Å². The summed E-state index contributed by atoms with van der Waals surface area (Å²) in [4.78, 5) is 12.1. The molecule has 0 spiro atoms. The van der Waals surface area contributed by atoms with E-state index in [0.717, 1.165) is 53.2 Å². The Morgan fingerprint density at radius 2 is 1.91 bits per heavy atom. The molecule has 6 nitrogen and oxygen atoms in total. The molecule has 6 rings (SSSR count). The number of hydrogen-bond donors (Lipinski definition) is 1. The van der Waals surface area contributed by atoms with E-state index >= 15 is 0 Å². The molecule has 0 bridgehead atoms. The molecule has 0 radical (unpaired) electrons. The molecule has 7 heteroatoms. The predicted octanol–water partition coefficient (Wildman–Crippen LogP) is 6.40. The van der Waals surface area contributed by atoms with Gasteiger partial charge in [0.15, 0.2) is 0 Å². The minimum absolute atomic E-state index is 0.474. The molecule has 1 aromatic carbocycles. The minimum atomic E-state index is 0.474. The second-order valence-corrected chi connectivity index (χ2v) is 10.7. The molecule has 1 aliphatic heterocycles. The molecule has 2 aromatic heterocycles. The summed E-state index contributed by atoms with van der Waals surface area (Å²) in [5.74, 6) is 1.73. The van der Waals surface area contributed by atoms with E-state index in [1.54, 1.807) is 0 Å². The number of nitrogens with one attached hydrogen (secondary N) is 1. The van der Waals surface area contributed by atoms with Crippen LogP contribution in [0.2, 0.25) is 5.02 Å². The number of hydrogen-bond acceptors (Lipinski definition) is 5. The van der Waals surface area contributed by atoms with Crippen molar-refractivity contribution >= 4 is 34.1 Å². The lowest BCUT2D eigenvalue weighted by atomic mass is 9.87. The van der Waals surface area contributed by atoms with Crippen LogP contribution in [0.15, 0.2) is 37.2 Å². The maximum absolute atomic E-state index is 6.77. The molecule has 1 saturated heterocycles. The van der Waals surface area contributed by atoms with E-state index in [4.69, 9.17) is 16.6 Å². The SMILES string of the molecule is C=C[C@H]1CCCC1N1CCC(c2cc3nc(Nc4cnn(C5CC5)c4C)ncc3cc2Cl)CC1. The fourth-order valence-corrected chi connectivity index (χ4v) is 6.36. The van der Waals surface area contributed by atoms with Gasteiger partial charge >= 0.3 is 0 Å². The van der Waals surface area contributed by atoms with Gasteiger partial charge in [-0.15, -0.1) is 6.58 Å². The van der Waals surface area contributed by atoms with Gasteiger partial charge in [-0.05, 0) is 88.1 Å². The van der Waals surface area contributed by atoms with Crippen LogP contribution in [0.5, 0.6) is 0 Å². The first-order valence-electron chi connectivity index (χ1n) is 12.7. The van der Waals surface area contributed by atoms with Crippen LogP contribution in [0.4, 0.5) is 11.6 Å². The van der Waals surface area contributed by atoms with E-state index in [2.05, 4.69) is 50.6 Å². The lowest BCUT2D eigenvalue weighted by Crippen LogP contribution is -2.42. The molecular formula is C27H33ClN6. The van der Waals surface area contributed by atoms with E-state index in [0.29, 0.717) is 29.9 Å². The van der Waals surface area contributed by atoms with Crippen molar-refractivity contribution in [3.63, 3.8) is 0 Å². The van der Waals surface area contributed by atoms with Crippen LogP contribution in [0, 0.1) is 12.8 Å². The quantitative estimate of drug-likeness (QED) is 0.417. The molecular weight excluding hydrogens is 444 g/mol. The van der Waals surface area contributed by atoms with Crippen molar-refractivity contribution in [1.29, 1.82) is 0 Å². The van der Waals surface area contributed by atoms with Gasteiger partial charge in [-0.25, -0.2) is 9.97 Å². The van der Waals surface area contributed by atoms with Crippen molar-refractivity contribution in [2.75, 3.05) is 18.4 Å². The summed E-state index contributed by atoms with van der Waals surface area (Å²) in [6.45, 7) is 8.44. The summed E-state index contributed by atoms with van der Waals surface area (Å²) in [6, 6.07) is 5.46. The molecule has 178 valence electrons. The molecule has 2 aliphatic carbocycles. The average molecular weight is 477 g/mol. The zero-order valence-electron chi connectivity index (χ0n) is 19.9. The predicted molar refractivity (Wildman–Crippen MR) is 138 cm³/mol. The zero-order valence-corrected chi connectivity index (χ0v) is 20.6. The Morgan fingerprint density at radius 3 is 2.68 bits per heavy atom. The average Bonchev–Trinajstić information content (AvgIpc) is 3.47. The number of aromatic nitrogens is 4. The second kappa shape index (κ2) is 8.97. The van der Waals surface area contributed by atoms with E-state index in [1.807, 2.05) is 18.5 Å². The fraction of sp³-hybridized carbons (Fsp3) is 0.519. The van der Waals surface area contributed by atoms with Crippen LogP contribution in [0.25, 0.3) is 10.9 Å². The maximum atomic E-state index is 6.77. The highest BCUT2D eigenvalue weighted by Gasteiger charge is 2.33. The molecule has 3 fully saturated rings. The minimum Gasteiger partial charge on any atom is -0.321 e. The molecule has 2 atom stereocenters. The van der Waals surface area contributed by atoms with Crippen molar-refractivity contribution < 1.29 is 0 Å². The normalized spacial score (nSPS) is 24.1. The first kappa shape index (κ1) is 22.1. The Kier molecular flexibility index (Phi) is 5.82. The standard InChI is InChI=1S/C27H33ClN6/c1-3-18-5-4-6-26(18)33-11-9-19(10-12-33)22-14-24-20(13-23(22)28)15-29-27(31-24)32-25-16-30-34(17(25)2)21-7-8-21/h3,13-16,18-19,21,26H,1,4-12H2,2H3,(H,29,31,32)/t18-,26?/m0/s1. The second-order valence-electron chi connectivity index (χ2n) is 10.3. The topological polar surface area (TPSA) is 58.9 Å². The number of rotatable bonds is 6. The first-order valence-corrected chi connectivity index (χ1v) is 13.1. The van der Waals surface area contributed by atoms with Crippen molar-refractivity contribution in [3.8, 4) is 0 Å². The molecule has 1 N–H and O–H groups in total. The van der Waals surface area contributed by atoms with Crippen LogP contribution >= 0.6 is 11.6 Å². The zero-order chi connectivity index (χ0) is 23.2. The van der Waals surface area contributed by atoms with Gasteiger partial charge in [0.05, 0.1) is 29.1 Å². The van der Waals surface area contributed by atoms with Gasteiger partial charge in [-0.1, -0.05) is 24.1 Å². The van der Waals surface area contributed by atoms with Crippen LogP contribution < -0.4 is 5.32 Å². The largest absolute Gasteiger partial charge is 0.321 e. The molecule has 3 heterocycles. The van der Waals surface area contributed by atoms with Crippen molar-refractivity contribution in [3.05, 3.63) is 53.5 Å². The molecule has 34 heavy (non-hydrogen) atoms. The third-order valence-corrected chi connectivity index (χ3v) is 8.48. The van der Waals surface area contributed by atoms with Crippen molar-refractivity contribution in [2.24, 2.45) is 5.92 Å². The first-order chi connectivity index (χ1) is 16.6. The molecule has 1 unspecified atom stereocenters. The van der Waals surface area contributed by atoms with Gasteiger partial charge in [-0.2, -0.15) is 5.10 Å². The van der Waals surface area contributed by atoms with E-state index in [-0.39, 0.29) is 0 Å². The van der Waals surface area contributed by atoms with Gasteiger partial charge in [0.1, 0.15) is 0 Å². The highest BCUT2D eigenvalue weighted by molar-refractivity contribution is 6.32. The lowest BCUT2D eigenvalue weighted by Gasteiger charge is -2.38. The van der Waals surface area contributed by atoms with Crippen LogP contribution in [0.1, 0.15) is 68.2 Å². The van der Waals surface area contributed by atoms with Crippen LogP contribution in [0.3, 0.4) is 0 Å². The third kappa shape index (κ3) is 4.11. The Bertz CT molecular complexity index is 1210. The van der Waals surface area contributed by atoms with Crippen molar-refractivity contribution in [1.82, 2.24) is 24.6 Å². The Hall–Kier alpha value is -2.44. The number of anilines is 2. The number of piperidine rings is 1. The van der Waals surface area contributed by atoms with E-state index < -0.39 is 0 Å². The summed E-state index contributed by atoms with van der Waals surface area (Å²) in [5.41, 5.74) is 4.27. The number of halogens is 1. The van der Waals surface area contributed by atoms with E-state index in [9.17, 15) is 0 Å². The number of likely N-dealkylation sites (tertiary alicyclic amines) is 1.